The fourth-order valence-electron chi connectivity index (χ4n) is 4.16. The number of ether oxygens (including phenoxy) is 2. The molecule has 0 aromatic heterocycles. The molecule has 0 radical (unpaired) electrons. The molecule has 1 heterocycles. The molecule has 1 unspecified atom stereocenters. The van der Waals surface area contributed by atoms with Crippen LogP contribution in [0, 0.1) is 5.92 Å². The van der Waals surface area contributed by atoms with E-state index in [1.807, 2.05) is 25.1 Å². The molecule has 1 aromatic carbocycles. The summed E-state index contributed by atoms with van der Waals surface area (Å²) in [5, 5.41) is 0. The zero-order valence-electron chi connectivity index (χ0n) is 17.3. The number of ketones is 1. The summed E-state index contributed by atoms with van der Waals surface area (Å²) in [7, 11) is 1.61. The van der Waals surface area contributed by atoms with Crippen molar-refractivity contribution >= 4 is 33.4 Å². The lowest BCUT2D eigenvalue weighted by Crippen LogP contribution is -2.37. The number of unbranched alkanes of at least 4 members (excludes halogenated alkanes) is 2. The Labute approximate surface area is 180 Å². The van der Waals surface area contributed by atoms with Gasteiger partial charge in [0.2, 0.25) is 0 Å². The van der Waals surface area contributed by atoms with E-state index in [-0.39, 0.29) is 17.7 Å². The highest BCUT2D eigenvalue weighted by Gasteiger charge is 2.43. The van der Waals surface area contributed by atoms with E-state index < -0.39 is 5.92 Å². The fraction of sp³-hybridized carbons (Fsp3) is 0.522. The molecule has 0 amide bonds. The van der Waals surface area contributed by atoms with Crippen LogP contribution in [0.4, 0.5) is 0 Å². The highest BCUT2D eigenvalue weighted by atomic mass is 79.9. The van der Waals surface area contributed by atoms with Crippen LogP contribution in [0.25, 0.3) is 0 Å². The number of esters is 1. The van der Waals surface area contributed by atoms with Crippen LogP contribution in [0.1, 0.15) is 63.9 Å². The van der Waals surface area contributed by atoms with Crippen LogP contribution in [0.15, 0.2) is 38.9 Å². The van der Waals surface area contributed by atoms with Gasteiger partial charge in [-0.05, 0) is 59.8 Å². The zero-order chi connectivity index (χ0) is 21.0. The molecule has 0 spiro atoms. The summed E-state index contributed by atoms with van der Waals surface area (Å²) in [6, 6.07) is 5.72. The number of rotatable bonds is 7. The Bertz CT molecular complexity index is 858. The summed E-state index contributed by atoms with van der Waals surface area (Å²) >= 11 is 3.54. The van der Waals surface area contributed by atoms with Gasteiger partial charge in [0, 0.05) is 29.3 Å². The Morgan fingerprint density at radius 2 is 2.07 bits per heavy atom. The maximum Gasteiger partial charge on any atom is 0.315 e. The van der Waals surface area contributed by atoms with Gasteiger partial charge in [-0.25, -0.2) is 0 Å². The summed E-state index contributed by atoms with van der Waals surface area (Å²) in [4.78, 5) is 30.6. The second-order valence-electron chi connectivity index (χ2n) is 7.61. The number of hydrogen-bond acceptors (Lipinski definition) is 5. The maximum atomic E-state index is 13.1. The van der Waals surface area contributed by atoms with Crippen LogP contribution in [-0.2, 0) is 14.3 Å². The molecule has 0 saturated carbocycles. The van der Waals surface area contributed by atoms with E-state index in [1.165, 1.54) is 0 Å². The van der Waals surface area contributed by atoms with Gasteiger partial charge in [0.25, 0.3) is 0 Å². The topological polar surface area (TPSA) is 65.0 Å². The van der Waals surface area contributed by atoms with E-state index in [0.29, 0.717) is 24.4 Å². The van der Waals surface area contributed by atoms with Crippen LogP contribution in [0.3, 0.4) is 0 Å². The summed E-state index contributed by atoms with van der Waals surface area (Å²) in [5.41, 5.74) is 3.11. The van der Waals surface area contributed by atoms with Gasteiger partial charge in [0.1, 0.15) is 11.7 Å². The van der Waals surface area contributed by atoms with Crippen molar-refractivity contribution in [3.63, 3.8) is 0 Å². The Morgan fingerprint density at radius 3 is 2.76 bits per heavy atom. The molecule has 156 valence electrons. The molecule has 2 atom stereocenters. The molecule has 3 rings (SSSR count). The number of nitrogens with zero attached hydrogens (tertiary/aromatic N) is 1. The molecule has 1 aliphatic carbocycles. The van der Waals surface area contributed by atoms with Crippen molar-refractivity contribution in [2.75, 3.05) is 13.7 Å². The van der Waals surface area contributed by atoms with E-state index in [9.17, 15) is 9.59 Å². The smallest absolute Gasteiger partial charge is 0.315 e. The van der Waals surface area contributed by atoms with Gasteiger partial charge in [0.05, 0.1) is 18.2 Å². The molecular weight excluding hydrogens is 434 g/mol. The molecule has 2 aliphatic rings. The van der Waals surface area contributed by atoms with E-state index in [2.05, 4.69) is 27.8 Å². The lowest BCUT2D eigenvalue weighted by atomic mass is 9.72. The number of benzene rings is 1. The second kappa shape index (κ2) is 9.70. The first-order valence-electron chi connectivity index (χ1n) is 10.3. The molecule has 0 bridgehead atoms. The van der Waals surface area contributed by atoms with Crippen LogP contribution >= 0.6 is 15.9 Å². The number of aliphatic imine (C=N–C) groups is 1. The van der Waals surface area contributed by atoms with Crippen LogP contribution in [0.2, 0.25) is 0 Å². The van der Waals surface area contributed by atoms with Crippen molar-refractivity contribution in [3.05, 3.63) is 39.5 Å². The largest absolute Gasteiger partial charge is 0.496 e. The number of carbonyl (C=O) groups excluding carboxylic acids is 2. The van der Waals surface area contributed by atoms with E-state index in [1.54, 1.807) is 7.11 Å². The van der Waals surface area contributed by atoms with Gasteiger partial charge in [-0.2, -0.15) is 0 Å². The second-order valence-corrected chi connectivity index (χ2v) is 8.47. The predicted molar refractivity (Wildman–Crippen MR) is 116 cm³/mol. The van der Waals surface area contributed by atoms with Crippen molar-refractivity contribution in [2.45, 2.75) is 58.3 Å². The lowest BCUT2D eigenvalue weighted by Gasteiger charge is -2.34. The van der Waals surface area contributed by atoms with Crippen LogP contribution < -0.4 is 4.74 Å². The van der Waals surface area contributed by atoms with E-state index in [4.69, 9.17) is 9.47 Å². The first-order chi connectivity index (χ1) is 14.0. The van der Waals surface area contributed by atoms with Gasteiger partial charge in [-0.3, -0.25) is 14.6 Å². The third-order valence-electron chi connectivity index (χ3n) is 5.62. The molecule has 1 aliphatic heterocycles. The molecule has 0 N–H and O–H groups in total. The van der Waals surface area contributed by atoms with Crippen molar-refractivity contribution in [1.29, 1.82) is 0 Å². The highest BCUT2D eigenvalue weighted by Crippen LogP contribution is 2.44. The maximum absolute atomic E-state index is 13.1. The fourth-order valence-corrected chi connectivity index (χ4v) is 4.72. The molecule has 0 fully saturated rings. The molecular formula is C23H28BrNO4. The first-order valence-corrected chi connectivity index (χ1v) is 11.1. The van der Waals surface area contributed by atoms with Crippen LogP contribution in [0.5, 0.6) is 5.75 Å². The quantitative estimate of drug-likeness (QED) is 0.404. The number of halogens is 1. The number of allylic oxidation sites excluding steroid dienone is 2. The normalized spacial score (nSPS) is 21.5. The monoisotopic (exact) mass is 461 g/mol. The highest BCUT2D eigenvalue weighted by molar-refractivity contribution is 9.10. The van der Waals surface area contributed by atoms with Crippen molar-refractivity contribution in [1.82, 2.24) is 0 Å². The average molecular weight is 462 g/mol. The van der Waals surface area contributed by atoms with Gasteiger partial charge in [-0.1, -0.05) is 25.8 Å². The number of hydrogen-bond donors (Lipinski definition) is 0. The number of Topliss-reactive ketones (excluding diaryl/α,β-unsaturated/α-hetero) is 1. The molecule has 29 heavy (non-hydrogen) atoms. The van der Waals surface area contributed by atoms with Crippen molar-refractivity contribution in [3.8, 4) is 5.75 Å². The first kappa shape index (κ1) is 21.8. The Hall–Kier alpha value is -1.95. The van der Waals surface area contributed by atoms with Crippen molar-refractivity contribution in [2.24, 2.45) is 10.9 Å². The minimum Gasteiger partial charge on any atom is -0.496 e. The number of carbonyl (C=O) groups is 2. The summed E-state index contributed by atoms with van der Waals surface area (Å²) in [6.07, 6.45) is 5.00. The van der Waals surface area contributed by atoms with Gasteiger partial charge in [-0.15, -0.1) is 0 Å². The van der Waals surface area contributed by atoms with Crippen LogP contribution in [-0.4, -0.2) is 31.2 Å². The SMILES string of the molecule is CCCCCOC(=O)C1C(C)=NC2=C(C(=O)CCC2)[C@H]1c1ccc(OC)c(Br)c1. The molecule has 5 nitrogen and oxygen atoms in total. The van der Waals surface area contributed by atoms with Gasteiger partial charge < -0.3 is 9.47 Å². The third kappa shape index (κ3) is 4.63. The molecule has 0 saturated heterocycles. The van der Waals surface area contributed by atoms with E-state index in [0.717, 1.165) is 53.5 Å². The average Bonchev–Trinajstić information content (AvgIpc) is 2.70. The summed E-state index contributed by atoms with van der Waals surface area (Å²) in [5.74, 6) is -0.473. The van der Waals surface area contributed by atoms with Gasteiger partial charge >= 0.3 is 5.97 Å². The minimum atomic E-state index is -0.585. The summed E-state index contributed by atoms with van der Waals surface area (Å²) < 4.78 is 11.7. The molecule has 1 aromatic rings. The Balaban J connectivity index is 2.00. The van der Waals surface area contributed by atoms with E-state index >= 15 is 0 Å². The Morgan fingerprint density at radius 1 is 1.28 bits per heavy atom. The number of methoxy groups -OCH3 is 1. The third-order valence-corrected chi connectivity index (χ3v) is 6.24. The molecule has 6 heteroatoms. The van der Waals surface area contributed by atoms with Crippen molar-refractivity contribution < 1.29 is 19.1 Å². The predicted octanol–water partition coefficient (Wildman–Crippen LogP) is 5.37. The lowest BCUT2D eigenvalue weighted by molar-refractivity contribution is -0.146. The summed E-state index contributed by atoms with van der Waals surface area (Å²) in [6.45, 7) is 4.38. The van der Waals surface area contributed by atoms with Gasteiger partial charge in [0.15, 0.2) is 5.78 Å². The minimum absolute atomic E-state index is 0.0863. The zero-order valence-corrected chi connectivity index (χ0v) is 18.9. The Kier molecular flexibility index (Phi) is 7.28. The standard InChI is InChI=1S/C23H28BrNO4/c1-4-5-6-12-29-23(27)20-14(2)25-17-8-7-9-18(26)22(17)21(20)15-10-11-19(28-3)16(24)13-15/h10-11,13,20-21H,4-9,12H2,1-3H3/t20?,21-/m0/s1.